The molecule has 1 unspecified atom stereocenters. The quantitative estimate of drug-likeness (QED) is 0.494. The highest BCUT2D eigenvalue weighted by molar-refractivity contribution is 5.75. The third kappa shape index (κ3) is 6.31. The van der Waals surface area contributed by atoms with E-state index in [0.29, 0.717) is 13.1 Å². The van der Waals surface area contributed by atoms with Crippen molar-refractivity contribution < 1.29 is 14.6 Å². The highest BCUT2D eigenvalue weighted by Gasteiger charge is 2.38. The Morgan fingerprint density at radius 1 is 1.19 bits per heavy atom. The number of pyridine rings is 1. The van der Waals surface area contributed by atoms with Crippen LogP contribution in [0.3, 0.4) is 0 Å². The minimum Gasteiger partial charge on any atom is -0.480 e. The molecule has 0 saturated carbocycles. The standard InChI is InChI=1S/C27H34N4O3.C2H6/c32-27(33)25(23-11-4-7-19-8-5-14-28-24(19)23)31-17-22(18-31)34-16-3-1-2-10-21-13-12-20-9-6-15-29-26(20)30-21;1-2/h4,7-8,11-13,22,25H,1-3,5-6,9-10,14-18H2,(H,29,30)(H,32,33);1-2H3. The van der Waals surface area contributed by atoms with Gasteiger partial charge in [0, 0.05) is 44.0 Å². The lowest BCUT2D eigenvalue weighted by Gasteiger charge is -2.42. The molecule has 36 heavy (non-hydrogen) atoms. The van der Waals surface area contributed by atoms with Gasteiger partial charge in [-0.25, -0.2) is 4.98 Å². The summed E-state index contributed by atoms with van der Waals surface area (Å²) in [6.45, 7) is 7.77. The van der Waals surface area contributed by atoms with Crippen molar-refractivity contribution in [2.45, 2.75) is 70.9 Å². The van der Waals surface area contributed by atoms with Gasteiger partial charge >= 0.3 is 5.97 Å². The van der Waals surface area contributed by atoms with Crippen molar-refractivity contribution in [3.63, 3.8) is 0 Å². The first-order valence-corrected chi connectivity index (χ1v) is 13.6. The van der Waals surface area contributed by atoms with E-state index in [2.05, 4.69) is 28.5 Å². The van der Waals surface area contributed by atoms with Crippen LogP contribution in [0.15, 0.2) is 35.3 Å². The van der Waals surface area contributed by atoms with Crippen LogP contribution in [0.25, 0.3) is 6.08 Å². The number of anilines is 1. The summed E-state index contributed by atoms with van der Waals surface area (Å²) in [7, 11) is 0. The summed E-state index contributed by atoms with van der Waals surface area (Å²) in [5, 5.41) is 15.2. The van der Waals surface area contributed by atoms with Crippen molar-refractivity contribution in [3.8, 4) is 0 Å². The maximum absolute atomic E-state index is 12.1. The first kappa shape index (κ1) is 26.3. The number of hydrogen-bond donors (Lipinski definition) is 2. The predicted octanol–water partition coefficient (Wildman–Crippen LogP) is 3.51. The van der Waals surface area contributed by atoms with E-state index in [9.17, 15) is 9.90 Å². The Morgan fingerprint density at radius 2 is 2.06 bits per heavy atom. The molecule has 0 bridgehead atoms. The number of rotatable bonds is 10. The van der Waals surface area contributed by atoms with Crippen LogP contribution in [-0.4, -0.2) is 59.8 Å². The number of aromatic nitrogens is 1. The molecule has 0 spiro atoms. The SMILES string of the molecule is CC.O=C(O)C(c1cccc2c1=NCCC=2)N1CC(OCCCCCc2ccc3c(n2)NCCC3)C1. The van der Waals surface area contributed by atoms with Crippen molar-refractivity contribution in [1.82, 2.24) is 9.88 Å². The number of nitrogens with one attached hydrogen (secondary N) is 1. The number of para-hydroxylation sites is 1. The van der Waals surface area contributed by atoms with Gasteiger partial charge in [0.25, 0.3) is 0 Å². The molecule has 0 aliphatic carbocycles. The molecule has 1 fully saturated rings. The number of carboxylic acids is 1. The summed E-state index contributed by atoms with van der Waals surface area (Å²) in [5.41, 5.74) is 3.30. The molecule has 7 nitrogen and oxygen atoms in total. The van der Waals surface area contributed by atoms with Gasteiger partial charge in [-0.1, -0.05) is 50.6 Å². The molecule has 0 radical (unpaired) electrons. The van der Waals surface area contributed by atoms with E-state index < -0.39 is 12.0 Å². The lowest BCUT2D eigenvalue weighted by atomic mass is 9.98. The van der Waals surface area contributed by atoms with E-state index >= 15 is 0 Å². The Bertz CT molecular complexity index is 1140. The first-order chi connectivity index (χ1) is 17.7. The van der Waals surface area contributed by atoms with Gasteiger partial charge in [-0.3, -0.25) is 14.7 Å². The second kappa shape index (κ2) is 13.0. The largest absolute Gasteiger partial charge is 0.480 e. The number of aryl methyl sites for hydroxylation is 2. The van der Waals surface area contributed by atoms with E-state index in [0.717, 1.165) is 85.9 Å². The number of aliphatic carboxylic acids is 1. The smallest absolute Gasteiger partial charge is 0.325 e. The zero-order valence-electron chi connectivity index (χ0n) is 21.7. The Kier molecular flexibility index (Phi) is 9.47. The predicted molar refractivity (Wildman–Crippen MR) is 143 cm³/mol. The molecular weight excluding hydrogens is 452 g/mol. The highest BCUT2D eigenvalue weighted by atomic mass is 16.5. The summed E-state index contributed by atoms with van der Waals surface area (Å²) in [6, 6.07) is 9.58. The third-order valence-corrected chi connectivity index (χ3v) is 7.01. The lowest BCUT2D eigenvalue weighted by Crippen LogP contribution is -2.56. The number of hydrogen-bond acceptors (Lipinski definition) is 6. The van der Waals surface area contributed by atoms with E-state index in [4.69, 9.17) is 9.72 Å². The molecule has 1 aromatic carbocycles. The Balaban J connectivity index is 0.00000148. The van der Waals surface area contributed by atoms with Crippen LogP contribution in [0, 0.1) is 0 Å². The molecule has 194 valence electrons. The average molecular weight is 493 g/mol. The number of unbranched alkanes of at least 4 members (excludes halogenated alkanes) is 2. The average Bonchev–Trinajstić information content (AvgIpc) is 2.89. The zero-order chi connectivity index (χ0) is 25.3. The molecule has 1 aromatic heterocycles. The van der Waals surface area contributed by atoms with Gasteiger partial charge in [0.2, 0.25) is 0 Å². The summed E-state index contributed by atoms with van der Waals surface area (Å²) in [6.07, 6.45) is 9.70. The number of likely N-dealkylation sites (tertiary alicyclic amines) is 1. The maximum atomic E-state index is 12.1. The van der Waals surface area contributed by atoms with Crippen molar-refractivity contribution in [3.05, 3.63) is 57.7 Å². The molecule has 5 rings (SSSR count). The van der Waals surface area contributed by atoms with Gasteiger partial charge in [0.05, 0.1) is 11.5 Å². The molecule has 4 heterocycles. The Labute approximate surface area is 214 Å². The molecule has 1 atom stereocenters. The summed E-state index contributed by atoms with van der Waals surface area (Å²) in [5.74, 6) is 0.253. The van der Waals surface area contributed by atoms with Crippen LogP contribution in [0.4, 0.5) is 5.82 Å². The summed E-state index contributed by atoms with van der Waals surface area (Å²) in [4.78, 5) is 23.5. The normalized spacial score (nSPS) is 17.6. The minimum atomic E-state index is -0.821. The number of benzene rings is 1. The van der Waals surface area contributed by atoms with E-state index in [-0.39, 0.29) is 6.10 Å². The van der Waals surface area contributed by atoms with Gasteiger partial charge in [0.1, 0.15) is 11.9 Å². The molecule has 3 aliphatic heterocycles. The highest BCUT2D eigenvalue weighted by Crippen LogP contribution is 2.26. The third-order valence-electron chi connectivity index (χ3n) is 7.01. The van der Waals surface area contributed by atoms with Crippen molar-refractivity contribution in [2.24, 2.45) is 4.99 Å². The molecule has 1 saturated heterocycles. The Hall–Kier alpha value is -2.77. The maximum Gasteiger partial charge on any atom is 0.325 e. The zero-order valence-corrected chi connectivity index (χ0v) is 21.7. The van der Waals surface area contributed by atoms with Gasteiger partial charge in [-0.05, 0) is 55.4 Å². The van der Waals surface area contributed by atoms with Crippen molar-refractivity contribution >= 4 is 17.9 Å². The topological polar surface area (TPSA) is 87.0 Å². The van der Waals surface area contributed by atoms with Gasteiger partial charge in [-0.15, -0.1) is 0 Å². The molecule has 2 aromatic rings. The summed E-state index contributed by atoms with van der Waals surface area (Å²) < 4.78 is 6.02. The van der Waals surface area contributed by atoms with Gasteiger partial charge < -0.3 is 15.2 Å². The van der Waals surface area contributed by atoms with E-state index in [1.807, 2.05) is 36.9 Å². The van der Waals surface area contributed by atoms with Crippen LogP contribution in [-0.2, 0) is 22.4 Å². The lowest BCUT2D eigenvalue weighted by molar-refractivity contribution is -0.151. The van der Waals surface area contributed by atoms with Gasteiger partial charge in [0.15, 0.2) is 0 Å². The number of carbonyl (C=O) groups is 1. The fourth-order valence-corrected chi connectivity index (χ4v) is 5.16. The molecule has 0 amide bonds. The molecule has 2 N–H and O–H groups in total. The monoisotopic (exact) mass is 492 g/mol. The van der Waals surface area contributed by atoms with Crippen LogP contribution >= 0.6 is 0 Å². The van der Waals surface area contributed by atoms with Crippen molar-refractivity contribution in [1.29, 1.82) is 0 Å². The van der Waals surface area contributed by atoms with Crippen LogP contribution in [0.2, 0.25) is 0 Å². The Morgan fingerprint density at radius 3 is 2.89 bits per heavy atom. The number of nitrogens with zero attached hydrogens (tertiary/aromatic N) is 3. The number of carboxylic acid groups (broad SMARTS) is 1. The second-order valence-corrected chi connectivity index (χ2v) is 9.50. The first-order valence-electron chi connectivity index (χ1n) is 13.6. The molecular formula is C29H40N4O3. The van der Waals surface area contributed by atoms with Crippen molar-refractivity contribution in [2.75, 3.05) is 38.1 Å². The second-order valence-electron chi connectivity index (χ2n) is 9.50. The van der Waals surface area contributed by atoms with Crippen LogP contribution < -0.4 is 15.9 Å². The molecule has 7 heteroatoms. The number of fused-ring (bicyclic) bond motifs is 2. The van der Waals surface area contributed by atoms with Crippen LogP contribution in [0.5, 0.6) is 0 Å². The molecule has 3 aliphatic rings. The number of ether oxygens (including phenoxy) is 1. The summed E-state index contributed by atoms with van der Waals surface area (Å²) >= 11 is 0. The van der Waals surface area contributed by atoms with E-state index in [1.165, 1.54) is 12.0 Å². The fourth-order valence-electron chi connectivity index (χ4n) is 5.16. The van der Waals surface area contributed by atoms with E-state index in [1.54, 1.807) is 0 Å². The minimum absolute atomic E-state index is 0.110. The van der Waals surface area contributed by atoms with Crippen LogP contribution in [0.1, 0.15) is 68.8 Å². The fraction of sp³-hybridized carbons (Fsp3) is 0.552. The van der Waals surface area contributed by atoms with Gasteiger partial charge in [-0.2, -0.15) is 0 Å².